The van der Waals surface area contributed by atoms with Gasteiger partial charge in [0.05, 0.1) is 6.67 Å². The Morgan fingerprint density at radius 2 is 1.44 bits per heavy atom. The third-order valence-electron chi connectivity index (χ3n) is 1.26. The monoisotopic (exact) mass is 134 g/mol. The minimum absolute atomic E-state index is 0.289. The van der Waals surface area contributed by atoms with Crippen molar-refractivity contribution in [3.8, 4) is 0 Å². The summed E-state index contributed by atoms with van der Waals surface area (Å²) in [4.78, 5) is 2.41. The lowest BCUT2D eigenvalue weighted by Crippen LogP contribution is -2.20. The molecule has 52 valence electrons. The molecule has 0 fully saturated rings. The molecule has 0 saturated heterocycles. The van der Waals surface area contributed by atoms with Crippen LogP contribution in [-0.2, 0) is 0 Å². The first-order chi connectivity index (χ1) is 4.13. The van der Waals surface area contributed by atoms with Crippen molar-refractivity contribution in [3.05, 3.63) is 11.9 Å². The molecule has 0 aromatic heterocycles. The average Bonchev–Trinajstić information content (AvgIpc) is 1.98. The number of rotatable bonds is 0. The fourth-order valence-electron chi connectivity index (χ4n) is 0.757. The Labute approximate surface area is 52.4 Å². The summed E-state index contributed by atoms with van der Waals surface area (Å²) in [6.45, 7) is 0.289. The fraction of sp³-hybridized carbons (Fsp3) is 0.600. The zero-order chi connectivity index (χ0) is 7.02. The van der Waals surface area contributed by atoms with E-state index in [2.05, 4.69) is 0 Å². The van der Waals surface area contributed by atoms with Crippen LogP contribution in [0.1, 0.15) is 0 Å². The van der Waals surface area contributed by atoms with E-state index in [-0.39, 0.29) is 6.67 Å². The molecule has 0 bridgehead atoms. The molecule has 0 aromatic carbocycles. The number of hydrogen-bond acceptors (Lipinski definition) is 2. The minimum Gasteiger partial charge on any atom is -0.330 e. The SMILES string of the molecule is CN1CN(C)C(F)=C1F. The standard InChI is InChI=1S/C5H8F2N2/c1-8-3-9(2)5(7)4(8)6/h3H2,1-2H3. The van der Waals surface area contributed by atoms with Crippen LogP contribution in [0, 0.1) is 0 Å². The van der Waals surface area contributed by atoms with Crippen molar-refractivity contribution < 1.29 is 8.78 Å². The van der Waals surface area contributed by atoms with Gasteiger partial charge in [-0.25, -0.2) is 0 Å². The van der Waals surface area contributed by atoms with E-state index in [1.165, 1.54) is 23.9 Å². The van der Waals surface area contributed by atoms with Gasteiger partial charge < -0.3 is 9.80 Å². The second-order valence-electron chi connectivity index (χ2n) is 2.12. The first-order valence-electron chi connectivity index (χ1n) is 2.60. The molecule has 1 heterocycles. The van der Waals surface area contributed by atoms with Crippen molar-refractivity contribution in [2.75, 3.05) is 20.8 Å². The van der Waals surface area contributed by atoms with Gasteiger partial charge in [-0.15, -0.1) is 0 Å². The molecule has 9 heavy (non-hydrogen) atoms. The van der Waals surface area contributed by atoms with Gasteiger partial charge >= 0.3 is 0 Å². The van der Waals surface area contributed by atoms with Gasteiger partial charge in [0.2, 0.25) is 11.9 Å². The molecule has 0 aliphatic carbocycles. The van der Waals surface area contributed by atoms with Crippen molar-refractivity contribution in [2.45, 2.75) is 0 Å². The number of hydrogen-bond donors (Lipinski definition) is 0. The quantitative estimate of drug-likeness (QED) is 0.454. The van der Waals surface area contributed by atoms with E-state index in [1.807, 2.05) is 0 Å². The molecule has 0 unspecified atom stereocenters. The van der Waals surface area contributed by atoms with Crippen LogP contribution in [0.2, 0.25) is 0 Å². The third kappa shape index (κ3) is 0.843. The van der Waals surface area contributed by atoms with E-state index in [9.17, 15) is 8.78 Å². The molecule has 0 atom stereocenters. The zero-order valence-corrected chi connectivity index (χ0v) is 5.36. The Morgan fingerprint density at radius 1 is 1.11 bits per heavy atom. The summed E-state index contributed by atoms with van der Waals surface area (Å²) in [5.74, 6) is -1.56. The molecule has 0 spiro atoms. The lowest BCUT2D eigenvalue weighted by Gasteiger charge is -2.10. The predicted octanol–water partition coefficient (Wildman–Crippen LogP) is 0.887. The summed E-state index contributed by atoms with van der Waals surface area (Å²) in [5, 5.41) is 0. The maximum Gasteiger partial charge on any atom is 0.244 e. The second-order valence-corrected chi connectivity index (χ2v) is 2.12. The molecule has 4 heteroatoms. The van der Waals surface area contributed by atoms with Gasteiger partial charge in [0.15, 0.2) is 0 Å². The van der Waals surface area contributed by atoms with Gasteiger partial charge in [0, 0.05) is 14.1 Å². The van der Waals surface area contributed by atoms with Crippen molar-refractivity contribution in [1.82, 2.24) is 9.80 Å². The van der Waals surface area contributed by atoms with E-state index in [4.69, 9.17) is 0 Å². The summed E-state index contributed by atoms with van der Waals surface area (Å²) in [6.07, 6.45) is 0. The number of nitrogens with zero attached hydrogens (tertiary/aromatic N) is 2. The molecule has 2 nitrogen and oxygen atoms in total. The molecule has 0 N–H and O–H groups in total. The van der Waals surface area contributed by atoms with Gasteiger partial charge in [-0.3, -0.25) is 0 Å². The first-order valence-corrected chi connectivity index (χ1v) is 2.60. The largest absolute Gasteiger partial charge is 0.330 e. The maximum atomic E-state index is 12.3. The highest BCUT2D eigenvalue weighted by molar-refractivity contribution is 5.02. The van der Waals surface area contributed by atoms with E-state index >= 15 is 0 Å². The van der Waals surface area contributed by atoms with Gasteiger partial charge in [0.1, 0.15) is 0 Å². The van der Waals surface area contributed by atoms with Gasteiger partial charge in [-0.2, -0.15) is 8.78 Å². The molecule has 1 rings (SSSR count). The highest BCUT2D eigenvalue weighted by atomic mass is 19.2. The summed E-state index contributed by atoms with van der Waals surface area (Å²) < 4.78 is 24.7. The zero-order valence-electron chi connectivity index (χ0n) is 5.36. The molecule has 0 amide bonds. The molecule has 1 aliphatic heterocycles. The lowest BCUT2D eigenvalue weighted by atomic mass is 10.8. The van der Waals surface area contributed by atoms with E-state index in [0.29, 0.717) is 0 Å². The van der Waals surface area contributed by atoms with E-state index in [0.717, 1.165) is 0 Å². The smallest absolute Gasteiger partial charge is 0.244 e. The molecule has 0 aromatic rings. The van der Waals surface area contributed by atoms with Crippen LogP contribution >= 0.6 is 0 Å². The van der Waals surface area contributed by atoms with Crippen LogP contribution in [0.4, 0.5) is 8.78 Å². The van der Waals surface area contributed by atoms with E-state index in [1.54, 1.807) is 0 Å². The summed E-state index contributed by atoms with van der Waals surface area (Å²) in [7, 11) is 3.00. The second kappa shape index (κ2) is 1.86. The van der Waals surface area contributed by atoms with Crippen LogP contribution in [0.3, 0.4) is 0 Å². The molecular weight excluding hydrogens is 126 g/mol. The molecule has 0 saturated carbocycles. The third-order valence-corrected chi connectivity index (χ3v) is 1.26. The molecular formula is C5H8F2N2. The van der Waals surface area contributed by atoms with Crippen LogP contribution in [0.25, 0.3) is 0 Å². The minimum atomic E-state index is -0.780. The molecule has 1 aliphatic rings. The predicted molar refractivity (Wildman–Crippen MR) is 29.6 cm³/mol. The highest BCUT2D eigenvalue weighted by Crippen LogP contribution is 2.21. The maximum absolute atomic E-state index is 12.3. The Hall–Kier alpha value is -0.800. The summed E-state index contributed by atoms with van der Waals surface area (Å²) in [6, 6.07) is 0. The van der Waals surface area contributed by atoms with Crippen LogP contribution in [0.15, 0.2) is 11.9 Å². The van der Waals surface area contributed by atoms with Crippen LogP contribution < -0.4 is 0 Å². The van der Waals surface area contributed by atoms with E-state index < -0.39 is 11.9 Å². The van der Waals surface area contributed by atoms with Crippen molar-refractivity contribution >= 4 is 0 Å². The van der Waals surface area contributed by atoms with Crippen molar-refractivity contribution in [1.29, 1.82) is 0 Å². The summed E-state index contributed by atoms with van der Waals surface area (Å²) in [5.41, 5.74) is 0. The van der Waals surface area contributed by atoms with Crippen molar-refractivity contribution in [3.63, 3.8) is 0 Å². The Bertz CT molecular complexity index is 139. The van der Waals surface area contributed by atoms with Gasteiger partial charge in [0.25, 0.3) is 0 Å². The van der Waals surface area contributed by atoms with Crippen molar-refractivity contribution in [2.24, 2.45) is 0 Å². The normalized spacial score (nSPS) is 20.0. The fourth-order valence-corrected chi connectivity index (χ4v) is 0.757. The highest BCUT2D eigenvalue weighted by Gasteiger charge is 2.23. The Morgan fingerprint density at radius 3 is 1.56 bits per heavy atom. The van der Waals surface area contributed by atoms with Crippen LogP contribution in [-0.4, -0.2) is 30.6 Å². The summed E-state index contributed by atoms with van der Waals surface area (Å²) >= 11 is 0. The van der Waals surface area contributed by atoms with Gasteiger partial charge in [-0.05, 0) is 0 Å². The Kier molecular flexibility index (Phi) is 1.31. The first kappa shape index (κ1) is 6.32. The Balaban J connectivity index is 2.79. The topological polar surface area (TPSA) is 6.48 Å². The van der Waals surface area contributed by atoms with Gasteiger partial charge in [-0.1, -0.05) is 0 Å². The number of halogens is 2. The molecule has 0 radical (unpaired) electrons. The average molecular weight is 134 g/mol. The van der Waals surface area contributed by atoms with Crippen LogP contribution in [0.5, 0.6) is 0 Å². The lowest BCUT2D eigenvalue weighted by molar-refractivity contribution is 0.270.